The summed E-state index contributed by atoms with van der Waals surface area (Å²) in [6, 6.07) is 9.05. The number of phenols is 2. The van der Waals surface area contributed by atoms with E-state index in [1.807, 2.05) is 0 Å². The normalized spacial score (nSPS) is 16.1. The van der Waals surface area contributed by atoms with Gasteiger partial charge in [0, 0.05) is 0 Å². The highest BCUT2D eigenvalue weighted by Crippen LogP contribution is 2.35. The minimum absolute atomic E-state index is 0.0831. The number of carbonyl (C=O) groups excluding carboxylic acids is 2. The summed E-state index contributed by atoms with van der Waals surface area (Å²) in [4.78, 5) is 26.0. The summed E-state index contributed by atoms with van der Waals surface area (Å²) in [5.41, 5.74) is 1.18. The molecule has 25 heavy (non-hydrogen) atoms. The number of benzene rings is 2. The van der Waals surface area contributed by atoms with Crippen LogP contribution in [0.1, 0.15) is 11.1 Å². The number of thioether (sulfide) groups is 1. The van der Waals surface area contributed by atoms with Crippen LogP contribution in [0, 0.1) is 0 Å². The standard InChI is InChI=1S/C17H11Cl2NO4S/c18-11-3-1-10(5-12(11)19)8-20-16(23)15(25-17(20)24)7-9-2-4-13(21)14(22)6-9/h1-7,21-22H,8H2. The van der Waals surface area contributed by atoms with Gasteiger partial charge in [-0.25, -0.2) is 0 Å². The quantitative estimate of drug-likeness (QED) is 0.584. The maximum atomic E-state index is 12.5. The fourth-order valence-corrected chi connectivity index (χ4v) is 3.40. The molecule has 0 atom stereocenters. The lowest BCUT2D eigenvalue weighted by Gasteiger charge is -2.12. The van der Waals surface area contributed by atoms with Gasteiger partial charge in [0.25, 0.3) is 11.1 Å². The lowest BCUT2D eigenvalue weighted by atomic mass is 10.2. The van der Waals surface area contributed by atoms with E-state index >= 15 is 0 Å². The Morgan fingerprint density at radius 2 is 1.76 bits per heavy atom. The highest BCUT2D eigenvalue weighted by atomic mass is 35.5. The van der Waals surface area contributed by atoms with E-state index in [0.29, 0.717) is 21.2 Å². The van der Waals surface area contributed by atoms with Crippen LogP contribution in [0.2, 0.25) is 10.0 Å². The first-order chi connectivity index (χ1) is 11.8. The number of amides is 2. The monoisotopic (exact) mass is 395 g/mol. The SMILES string of the molecule is O=C1SC(=Cc2ccc(O)c(O)c2)C(=O)N1Cc1ccc(Cl)c(Cl)c1. The molecule has 3 rings (SSSR count). The van der Waals surface area contributed by atoms with E-state index in [-0.39, 0.29) is 22.9 Å². The Hall–Kier alpha value is -2.15. The zero-order valence-corrected chi connectivity index (χ0v) is 14.9. The van der Waals surface area contributed by atoms with Crippen molar-refractivity contribution >= 4 is 52.2 Å². The second kappa shape index (κ2) is 7.00. The average Bonchev–Trinajstić information content (AvgIpc) is 2.82. The van der Waals surface area contributed by atoms with Gasteiger partial charge < -0.3 is 10.2 Å². The van der Waals surface area contributed by atoms with Crippen LogP contribution in [-0.4, -0.2) is 26.3 Å². The van der Waals surface area contributed by atoms with Gasteiger partial charge in [-0.2, -0.15) is 0 Å². The summed E-state index contributed by atoms with van der Waals surface area (Å²) in [7, 11) is 0. The van der Waals surface area contributed by atoms with Crippen LogP contribution in [0.3, 0.4) is 0 Å². The second-order valence-electron chi connectivity index (χ2n) is 5.26. The van der Waals surface area contributed by atoms with Crippen molar-refractivity contribution in [3.05, 3.63) is 62.5 Å². The molecule has 0 aromatic heterocycles. The molecule has 0 bridgehead atoms. The largest absolute Gasteiger partial charge is 0.504 e. The summed E-state index contributed by atoms with van der Waals surface area (Å²) in [6.07, 6.45) is 1.49. The van der Waals surface area contributed by atoms with E-state index in [4.69, 9.17) is 23.2 Å². The van der Waals surface area contributed by atoms with Gasteiger partial charge in [0.05, 0.1) is 21.5 Å². The molecule has 2 amide bonds. The molecule has 0 saturated carbocycles. The minimum atomic E-state index is -0.436. The van der Waals surface area contributed by atoms with Gasteiger partial charge in [0.2, 0.25) is 0 Å². The van der Waals surface area contributed by atoms with Gasteiger partial charge in [0.1, 0.15) is 0 Å². The van der Waals surface area contributed by atoms with Crippen molar-refractivity contribution < 1.29 is 19.8 Å². The third-order valence-corrected chi connectivity index (χ3v) is 5.14. The van der Waals surface area contributed by atoms with Crippen LogP contribution in [-0.2, 0) is 11.3 Å². The Kier molecular flexibility index (Phi) is 4.94. The molecule has 2 aromatic rings. The number of carbonyl (C=O) groups is 2. The third kappa shape index (κ3) is 3.76. The number of hydrogen-bond acceptors (Lipinski definition) is 5. The van der Waals surface area contributed by atoms with Crippen molar-refractivity contribution in [2.75, 3.05) is 0 Å². The molecule has 2 aromatic carbocycles. The fourth-order valence-electron chi connectivity index (χ4n) is 2.24. The summed E-state index contributed by atoms with van der Waals surface area (Å²) in [5, 5.41) is 19.2. The first kappa shape index (κ1) is 17.7. The number of imide groups is 1. The van der Waals surface area contributed by atoms with Crippen LogP contribution in [0.4, 0.5) is 4.79 Å². The molecule has 0 radical (unpaired) electrons. The molecule has 1 heterocycles. The molecule has 0 unspecified atom stereocenters. The van der Waals surface area contributed by atoms with Crippen molar-refractivity contribution in [3.8, 4) is 11.5 Å². The Labute approximate surface area is 157 Å². The Morgan fingerprint density at radius 1 is 1.00 bits per heavy atom. The number of phenolic OH excluding ortho intramolecular Hbond substituents is 2. The lowest BCUT2D eigenvalue weighted by molar-refractivity contribution is -0.123. The highest BCUT2D eigenvalue weighted by molar-refractivity contribution is 8.18. The molecule has 1 saturated heterocycles. The van der Waals surface area contributed by atoms with Gasteiger partial charge in [-0.1, -0.05) is 35.3 Å². The van der Waals surface area contributed by atoms with E-state index in [1.54, 1.807) is 18.2 Å². The molecular formula is C17H11Cl2NO4S. The van der Waals surface area contributed by atoms with E-state index in [1.165, 1.54) is 24.3 Å². The predicted molar refractivity (Wildman–Crippen MR) is 97.7 cm³/mol. The molecule has 1 aliphatic rings. The average molecular weight is 396 g/mol. The summed E-state index contributed by atoms with van der Waals surface area (Å²) in [5.74, 6) is -0.998. The first-order valence-electron chi connectivity index (χ1n) is 7.06. The van der Waals surface area contributed by atoms with Crippen molar-refractivity contribution in [2.45, 2.75) is 6.54 Å². The third-order valence-electron chi connectivity index (χ3n) is 3.50. The second-order valence-corrected chi connectivity index (χ2v) is 7.07. The molecule has 0 spiro atoms. The van der Waals surface area contributed by atoms with Gasteiger partial charge in [-0.15, -0.1) is 0 Å². The number of halogens is 2. The molecular weight excluding hydrogens is 385 g/mol. The zero-order chi connectivity index (χ0) is 18.1. The number of hydrogen-bond donors (Lipinski definition) is 2. The zero-order valence-electron chi connectivity index (χ0n) is 12.6. The Balaban J connectivity index is 1.83. The van der Waals surface area contributed by atoms with Crippen molar-refractivity contribution in [1.82, 2.24) is 4.90 Å². The summed E-state index contributed by atoms with van der Waals surface area (Å²) < 4.78 is 0. The van der Waals surface area contributed by atoms with E-state index in [9.17, 15) is 19.8 Å². The predicted octanol–water partition coefficient (Wildman–Crippen LogP) is 4.64. The van der Waals surface area contributed by atoms with Gasteiger partial charge in [0.15, 0.2) is 11.5 Å². The minimum Gasteiger partial charge on any atom is -0.504 e. The molecule has 1 fully saturated rings. The van der Waals surface area contributed by atoms with Crippen LogP contribution < -0.4 is 0 Å². The Bertz CT molecular complexity index is 914. The Morgan fingerprint density at radius 3 is 2.44 bits per heavy atom. The maximum absolute atomic E-state index is 12.5. The smallest absolute Gasteiger partial charge is 0.293 e. The lowest BCUT2D eigenvalue weighted by Crippen LogP contribution is -2.27. The molecule has 2 N–H and O–H groups in total. The molecule has 0 aliphatic carbocycles. The van der Waals surface area contributed by atoms with Gasteiger partial charge >= 0.3 is 0 Å². The fraction of sp³-hybridized carbons (Fsp3) is 0.0588. The van der Waals surface area contributed by atoms with E-state index < -0.39 is 11.1 Å². The summed E-state index contributed by atoms with van der Waals surface area (Å²) in [6.45, 7) is 0.0831. The van der Waals surface area contributed by atoms with Crippen molar-refractivity contribution in [2.24, 2.45) is 0 Å². The van der Waals surface area contributed by atoms with E-state index in [2.05, 4.69) is 0 Å². The van der Waals surface area contributed by atoms with E-state index in [0.717, 1.165) is 16.7 Å². The first-order valence-corrected chi connectivity index (χ1v) is 8.63. The van der Waals surface area contributed by atoms with Crippen LogP contribution in [0.25, 0.3) is 6.08 Å². The van der Waals surface area contributed by atoms with Crippen molar-refractivity contribution in [1.29, 1.82) is 0 Å². The number of aromatic hydroxyl groups is 2. The topological polar surface area (TPSA) is 77.8 Å². The van der Waals surface area contributed by atoms with Crippen molar-refractivity contribution in [3.63, 3.8) is 0 Å². The number of rotatable bonds is 3. The van der Waals surface area contributed by atoms with Crippen LogP contribution in [0.15, 0.2) is 41.3 Å². The molecule has 1 aliphatic heterocycles. The molecule has 8 heteroatoms. The molecule has 5 nitrogen and oxygen atoms in total. The maximum Gasteiger partial charge on any atom is 0.293 e. The van der Waals surface area contributed by atoms with Gasteiger partial charge in [-0.3, -0.25) is 14.5 Å². The van der Waals surface area contributed by atoms with Crippen LogP contribution in [0.5, 0.6) is 11.5 Å². The number of nitrogens with zero attached hydrogens (tertiary/aromatic N) is 1. The summed E-state index contributed by atoms with van der Waals surface area (Å²) >= 11 is 12.6. The van der Waals surface area contributed by atoms with Crippen LogP contribution >= 0.6 is 35.0 Å². The molecule has 128 valence electrons. The highest BCUT2D eigenvalue weighted by Gasteiger charge is 2.35. The van der Waals surface area contributed by atoms with Gasteiger partial charge in [-0.05, 0) is 53.2 Å².